The number of halogens is 3. The van der Waals surface area contributed by atoms with Crippen LogP contribution >= 0.6 is 0 Å². The van der Waals surface area contributed by atoms with E-state index in [1.165, 1.54) is 36.4 Å². The van der Waals surface area contributed by atoms with Crippen molar-refractivity contribution in [2.75, 3.05) is 6.61 Å². The maximum absolute atomic E-state index is 14.5. The number of hydrogen-bond acceptors (Lipinski definition) is 2. The van der Waals surface area contributed by atoms with Gasteiger partial charge in [0.25, 0.3) is 0 Å². The van der Waals surface area contributed by atoms with Crippen LogP contribution in [0.25, 0.3) is 16.8 Å². The maximum atomic E-state index is 14.5. The molecule has 140 valence electrons. The van der Waals surface area contributed by atoms with Gasteiger partial charge in [-0.15, -0.1) is 0 Å². The summed E-state index contributed by atoms with van der Waals surface area (Å²) in [6, 6.07) is 13.1. The van der Waals surface area contributed by atoms with Gasteiger partial charge in [0.15, 0.2) is 11.6 Å². The van der Waals surface area contributed by atoms with Crippen molar-refractivity contribution in [3.63, 3.8) is 0 Å². The van der Waals surface area contributed by atoms with Gasteiger partial charge in [-0.3, -0.25) is 0 Å². The van der Waals surface area contributed by atoms with E-state index in [-0.39, 0.29) is 5.56 Å². The van der Waals surface area contributed by atoms with Crippen LogP contribution in [-0.4, -0.2) is 6.61 Å². The minimum absolute atomic E-state index is 0.381. The van der Waals surface area contributed by atoms with E-state index in [1.807, 2.05) is 25.1 Å². The van der Waals surface area contributed by atoms with Crippen molar-refractivity contribution in [3.8, 4) is 11.5 Å². The van der Waals surface area contributed by atoms with Crippen molar-refractivity contribution in [2.45, 2.75) is 20.0 Å². The van der Waals surface area contributed by atoms with Crippen LogP contribution in [-0.2, 0) is 6.11 Å². The van der Waals surface area contributed by atoms with Gasteiger partial charge in [-0.1, -0.05) is 24.3 Å². The lowest BCUT2D eigenvalue weighted by Crippen LogP contribution is -2.22. The molecule has 0 atom stereocenters. The highest BCUT2D eigenvalue weighted by molar-refractivity contribution is 5.86. The zero-order chi connectivity index (χ0) is 19.4. The van der Waals surface area contributed by atoms with Gasteiger partial charge in [-0.25, -0.2) is 4.39 Å². The highest BCUT2D eigenvalue weighted by Crippen LogP contribution is 2.35. The molecule has 0 spiro atoms. The van der Waals surface area contributed by atoms with E-state index in [4.69, 9.17) is 9.47 Å². The van der Waals surface area contributed by atoms with Crippen molar-refractivity contribution < 1.29 is 22.6 Å². The quantitative estimate of drug-likeness (QED) is 0.489. The van der Waals surface area contributed by atoms with E-state index in [1.54, 1.807) is 19.1 Å². The first kappa shape index (κ1) is 18.8. The topological polar surface area (TPSA) is 18.5 Å². The SMILES string of the molecule is C/C=C/c1ccc2cc(OC(F)(F)c3ccc(OCC)cc3)c(F)cc2c1. The van der Waals surface area contributed by atoms with Crippen molar-refractivity contribution in [1.29, 1.82) is 0 Å². The highest BCUT2D eigenvalue weighted by Gasteiger charge is 2.35. The standard InChI is InChI=1S/C22H19F3O2/c1-3-5-15-6-7-16-14-21(20(23)13-17(16)12-15)27-22(24,25)18-8-10-19(11-9-18)26-4-2/h3,5-14H,4H2,1-2H3/b5-3+. The molecule has 0 unspecified atom stereocenters. The Labute approximate surface area is 155 Å². The molecule has 3 aromatic rings. The second kappa shape index (κ2) is 7.74. The number of alkyl halides is 2. The summed E-state index contributed by atoms with van der Waals surface area (Å²) in [5, 5.41) is 1.22. The smallest absolute Gasteiger partial charge is 0.426 e. The molecule has 3 rings (SSSR count). The van der Waals surface area contributed by atoms with Crippen LogP contribution in [0.2, 0.25) is 0 Å². The van der Waals surface area contributed by atoms with E-state index in [9.17, 15) is 13.2 Å². The molecule has 2 nitrogen and oxygen atoms in total. The van der Waals surface area contributed by atoms with E-state index in [0.717, 1.165) is 5.56 Å². The van der Waals surface area contributed by atoms with E-state index in [2.05, 4.69) is 0 Å². The molecule has 0 saturated heterocycles. The van der Waals surface area contributed by atoms with Gasteiger partial charge in [0.1, 0.15) is 5.75 Å². The maximum Gasteiger partial charge on any atom is 0.426 e. The number of benzene rings is 3. The van der Waals surface area contributed by atoms with Gasteiger partial charge < -0.3 is 9.47 Å². The molecule has 0 aliphatic carbocycles. The highest BCUT2D eigenvalue weighted by atomic mass is 19.3. The Hall–Kier alpha value is -2.95. The lowest BCUT2D eigenvalue weighted by atomic mass is 10.1. The summed E-state index contributed by atoms with van der Waals surface area (Å²) in [7, 11) is 0. The molecule has 0 heterocycles. The molecule has 0 amide bonds. The minimum Gasteiger partial charge on any atom is -0.494 e. The molecule has 0 aliphatic rings. The van der Waals surface area contributed by atoms with Crippen LogP contribution in [0.15, 0.2) is 60.7 Å². The molecule has 0 saturated carbocycles. The minimum atomic E-state index is -3.68. The number of allylic oxidation sites excluding steroid dienone is 1. The lowest BCUT2D eigenvalue weighted by molar-refractivity contribution is -0.186. The molecule has 27 heavy (non-hydrogen) atoms. The first-order valence-corrected chi connectivity index (χ1v) is 8.59. The largest absolute Gasteiger partial charge is 0.494 e. The predicted octanol–water partition coefficient (Wildman–Crippen LogP) is 6.54. The van der Waals surface area contributed by atoms with E-state index in [0.29, 0.717) is 23.1 Å². The molecule has 5 heteroatoms. The van der Waals surface area contributed by atoms with E-state index >= 15 is 0 Å². The van der Waals surface area contributed by atoms with Crippen molar-refractivity contribution in [1.82, 2.24) is 0 Å². The van der Waals surface area contributed by atoms with Crippen LogP contribution < -0.4 is 9.47 Å². The number of fused-ring (bicyclic) bond motifs is 1. The molecular formula is C22H19F3O2. The first-order chi connectivity index (χ1) is 12.9. The lowest BCUT2D eigenvalue weighted by Gasteiger charge is -2.19. The van der Waals surface area contributed by atoms with Crippen LogP contribution in [0, 0.1) is 5.82 Å². The Balaban J connectivity index is 1.89. The fraction of sp³-hybridized carbons (Fsp3) is 0.182. The van der Waals surface area contributed by atoms with Crippen molar-refractivity contribution in [3.05, 3.63) is 77.6 Å². The second-order valence-corrected chi connectivity index (χ2v) is 5.97. The summed E-state index contributed by atoms with van der Waals surface area (Å²) < 4.78 is 53.3. The summed E-state index contributed by atoms with van der Waals surface area (Å²) in [6.07, 6.45) is 0.0678. The third-order valence-electron chi connectivity index (χ3n) is 4.01. The third kappa shape index (κ3) is 4.25. The fourth-order valence-electron chi connectivity index (χ4n) is 2.75. The summed E-state index contributed by atoms with van der Waals surface area (Å²) in [6.45, 7) is 4.12. The van der Waals surface area contributed by atoms with Crippen LogP contribution in [0.3, 0.4) is 0 Å². The fourth-order valence-corrected chi connectivity index (χ4v) is 2.75. The van der Waals surface area contributed by atoms with Crippen molar-refractivity contribution in [2.24, 2.45) is 0 Å². The van der Waals surface area contributed by atoms with Crippen LogP contribution in [0.5, 0.6) is 11.5 Å². The molecule has 0 aromatic heterocycles. The van der Waals surface area contributed by atoms with Gasteiger partial charge in [0.05, 0.1) is 12.2 Å². The molecule has 3 aromatic carbocycles. The van der Waals surface area contributed by atoms with Gasteiger partial charge in [0, 0.05) is 0 Å². The monoisotopic (exact) mass is 372 g/mol. The van der Waals surface area contributed by atoms with Gasteiger partial charge in [-0.05, 0) is 72.6 Å². The second-order valence-electron chi connectivity index (χ2n) is 5.97. The average molecular weight is 372 g/mol. The Kier molecular flexibility index (Phi) is 5.40. The van der Waals surface area contributed by atoms with Gasteiger partial charge in [-0.2, -0.15) is 8.78 Å². The molecular weight excluding hydrogens is 353 g/mol. The zero-order valence-corrected chi connectivity index (χ0v) is 15.0. The summed E-state index contributed by atoms with van der Waals surface area (Å²) in [4.78, 5) is 0. The summed E-state index contributed by atoms with van der Waals surface area (Å²) in [5.74, 6) is -0.864. The van der Waals surface area contributed by atoms with E-state index < -0.39 is 17.7 Å². The molecule has 0 bridgehead atoms. The normalized spacial score (nSPS) is 11.9. The molecule has 0 aliphatic heterocycles. The summed E-state index contributed by atoms with van der Waals surface area (Å²) >= 11 is 0. The summed E-state index contributed by atoms with van der Waals surface area (Å²) in [5.41, 5.74) is 0.520. The zero-order valence-electron chi connectivity index (χ0n) is 15.0. The van der Waals surface area contributed by atoms with Crippen molar-refractivity contribution >= 4 is 16.8 Å². The van der Waals surface area contributed by atoms with Crippen LogP contribution in [0.1, 0.15) is 25.0 Å². The Morgan fingerprint density at radius 1 is 0.963 bits per heavy atom. The van der Waals surface area contributed by atoms with Gasteiger partial charge in [0.2, 0.25) is 0 Å². The number of rotatable bonds is 6. The Morgan fingerprint density at radius 3 is 2.37 bits per heavy atom. The molecule has 0 radical (unpaired) electrons. The number of ether oxygens (including phenoxy) is 2. The van der Waals surface area contributed by atoms with Crippen LogP contribution in [0.4, 0.5) is 13.2 Å². The van der Waals surface area contributed by atoms with Gasteiger partial charge >= 0.3 is 6.11 Å². The Bertz CT molecular complexity index is 963. The Morgan fingerprint density at radius 2 is 1.70 bits per heavy atom. The molecule has 0 fully saturated rings. The first-order valence-electron chi connectivity index (χ1n) is 8.59. The third-order valence-corrected chi connectivity index (χ3v) is 4.01. The predicted molar refractivity (Wildman–Crippen MR) is 101 cm³/mol. The number of hydrogen-bond donors (Lipinski definition) is 0. The average Bonchev–Trinajstić information content (AvgIpc) is 2.63. The molecule has 0 N–H and O–H groups in total.